The highest BCUT2D eigenvalue weighted by atomic mass is 35.7. The minimum absolute atomic E-state index is 0.0387. The van der Waals surface area contributed by atoms with Crippen molar-refractivity contribution < 1.29 is 26.3 Å². The van der Waals surface area contributed by atoms with Crippen LogP contribution < -0.4 is 0 Å². The molecular weight excluding hydrogens is 269 g/mol. The summed E-state index contributed by atoms with van der Waals surface area (Å²) in [5, 5.41) is 0. The zero-order valence-corrected chi connectivity index (χ0v) is 10.3. The van der Waals surface area contributed by atoms with Gasteiger partial charge in [0.1, 0.15) is 6.61 Å². The van der Waals surface area contributed by atoms with Crippen molar-refractivity contribution in [2.24, 2.45) is 5.92 Å². The van der Waals surface area contributed by atoms with Crippen molar-refractivity contribution in [2.45, 2.75) is 25.9 Å². The molecular formula is C8H14ClF3O3S. The van der Waals surface area contributed by atoms with Gasteiger partial charge in [-0.05, 0) is 18.8 Å². The first-order valence-electron chi connectivity index (χ1n) is 4.67. The lowest BCUT2D eigenvalue weighted by Gasteiger charge is -2.11. The van der Waals surface area contributed by atoms with E-state index in [9.17, 15) is 21.6 Å². The lowest BCUT2D eigenvalue weighted by Crippen LogP contribution is -2.18. The molecule has 0 radical (unpaired) electrons. The Morgan fingerprint density at radius 1 is 1.31 bits per heavy atom. The summed E-state index contributed by atoms with van der Waals surface area (Å²) < 4.78 is 60.5. The van der Waals surface area contributed by atoms with Gasteiger partial charge in [-0.1, -0.05) is 6.92 Å². The minimum Gasteiger partial charge on any atom is -0.372 e. The lowest BCUT2D eigenvalue weighted by atomic mass is 10.1. The second-order valence-electron chi connectivity index (χ2n) is 3.59. The zero-order valence-electron chi connectivity index (χ0n) is 8.76. The largest absolute Gasteiger partial charge is 0.411 e. The van der Waals surface area contributed by atoms with Crippen LogP contribution in [0.1, 0.15) is 19.8 Å². The van der Waals surface area contributed by atoms with Gasteiger partial charge in [-0.15, -0.1) is 0 Å². The number of ether oxygens (including phenoxy) is 1. The summed E-state index contributed by atoms with van der Waals surface area (Å²) in [6.07, 6.45) is -3.62. The van der Waals surface area contributed by atoms with Crippen molar-refractivity contribution in [3.63, 3.8) is 0 Å². The zero-order chi connectivity index (χ0) is 12.8. The number of hydrogen-bond acceptors (Lipinski definition) is 3. The highest BCUT2D eigenvalue weighted by Gasteiger charge is 2.27. The van der Waals surface area contributed by atoms with Gasteiger partial charge < -0.3 is 4.74 Å². The predicted molar refractivity (Wildman–Crippen MR) is 54.9 cm³/mol. The summed E-state index contributed by atoms with van der Waals surface area (Å²) in [4.78, 5) is 0. The third-order valence-corrected chi connectivity index (χ3v) is 3.06. The fourth-order valence-electron chi connectivity index (χ4n) is 0.959. The Kier molecular flexibility index (Phi) is 6.65. The third-order valence-electron chi connectivity index (χ3n) is 1.88. The van der Waals surface area contributed by atoms with Gasteiger partial charge >= 0.3 is 6.18 Å². The topological polar surface area (TPSA) is 43.4 Å². The maximum Gasteiger partial charge on any atom is 0.411 e. The SMILES string of the molecule is CC(CCOCC(F)(F)F)CCS(=O)(=O)Cl. The van der Waals surface area contributed by atoms with Crippen LogP contribution in [0.3, 0.4) is 0 Å². The number of halogens is 4. The van der Waals surface area contributed by atoms with Crippen LogP contribution in [0.4, 0.5) is 13.2 Å². The molecule has 16 heavy (non-hydrogen) atoms. The molecule has 8 heteroatoms. The molecule has 0 aromatic rings. The molecule has 0 aliphatic rings. The van der Waals surface area contributed by atoms with Crippen molar-refractivity contribution in [3.05, 3.63) is 0 Å². The smallest absolute Gasteiger partial charge is 0.372 e. The molecule has 0 aromatic heterocycles. The molecule has 1 unspecified atom stereocenters. The molecule has 0 saturated carbocycles. The van der Waals surface area contributed by atoms with E-state index in [4.69, 9.17) is 10.7 Å². The van der Waals surface area contributed by atoms with Crippen molar-refractivity contribution in [1.82, 2.24) is 0 Å². The van der Waals surface area contributed by atoms with Gasteiger partial charge in [0.25, 0.3) is 0 Å². The molecule has 0 aromatic carbocycles. The molecule has 0 N–H and O–H groups in total. The van der Waals surface area contributed by atoms with Crippen LogP contribution in [0.25, 0.3) is 0 Å². The molecule has 0 rings (SSSR count). The van der Waals surface area contributed by atoms with Gasteiger partial charge in [0, 0.05) is 17.3 Å². The van der Waals surface area contributed by atoms with Crippen molar-refractivity contribution >= 4 is 19.7 Å². The Balaban J connectivity index is 3.56. The first-order valence-corrected chi connectivity index (χ1v) is 7.15. The molecule has 0 amide bonds. The summed E-state index contributed by atoms with van der Waals surface area (Å²) in [6, 6.07) is 0. The second kappa shape index (κ2) is 6.66. The van der Waals surface area contributed by atoms with Crippen LogP contribution in [0.2, 0.25) is 0 Å². The van der Waals surface area contributed by atoms with Crippen LogP contribution in [0, 0.1) is 5.92 Å². The van der Waals surface area contributed by atoms with E-state index >= 15 is 0 Å². The monoisotopic (exact) mass is 282 g/mol. The van der Waals surface area contributed by atoms with E-state index in [0.717, 1.165) is 0 Å². The minimum atomic E-state index is -4.32. The molecule has 98 valence electrons. The summed E-state index contributed by atoms with van der Waals surface area (Å²) in [5.74, 6) is -0.212. The maximum absolute atomic E-state index is 11.7. The lowest BCUT2D eigenvalue weighted by molar-refractivity contribution is -0.174. The van der Waals surface area contributed by atoms with Crippen LogP contribution in [-0.2, 0) is 13.8 Å². The molecule has 0 aliphatic carbocycles. The van der Waals surface area contributed by atoms with Gasteiger partial charge in [-0.2, -0.15) is 13.2 Å². The first kappa shape index (κ1) is 16.0. The molecule has 0 bridgehead atoms. The standard InChI is InChI=1S/C8H14ClF3O3S/c1-7(3-5-16(9,13)14)2-4-15-6-8(10,11)12/h7H,2-6H2,1H3. The second-order valence-corrected chi connectivity index (χ2v) is 6.49. The fourth-order valence-corrected chi connectivity index (χ4v) is 1.91. The summed E-state index contributed by atoms with van der Waals surface area (Å²) in [7, 11) is 1.47. The quantitative estimate of drug-likeness (QED) is 0.532. The average molecular weight is 283 g/mol. The maximum atomic E-state index is 11.7. The van der Waals surface area contributed by atoms with Crippen LogP contribution >= 0.6 is 10.7 Å². The molecule has 3 nitrogen and oxygen atoms in total. The van der Waals surface area contributed by atoms with E-state index in [1.54, 1.807) is 6.92 Å². The van der Waals surface area contributed by atoms with Crippen molar-refractivity contribution in [2.75, 3.05) is 19.0 Å². The summed E-state index contributed by atoms with van der Waals surface area (Å²) in [6.45, 7) is 0.426. The molecule has 0 aliphatic heterocycles. The number of rotatable bonds is 7. The van der Waals surface area contributed by atoms with Crippen LogP contribution in [-0.4, -0.2) is 33.6 Å². The van der Waals surface area contributed by atoms with E-state index in [1.807, 2.05) is 0 Å². The van der Waals surface area contributed by atoms with Crippen LogP contribution in [0.5, 0.6) is 0 Å². The fraction of sp³-hybridized carbons (Fsp3) is 1.00. The van der Waals surface area contributed by atoms with E-state index in [1.165, 1.54) is 0 Å². The van der Waals surface area contributed by atoms with E-state index in [0.29, 0.717) is 12.8 Å². The predicted octanol–water partition coefficient (Wildman–Crippen LogP) is 2.55. The molecule has 0 heterocycles. The van der Waals surface area contributed by atoms with E-state index in [2.05, 4.69) is 4.74 Å². The normalized spacial score (nSPS) is 15.1. The number of hydrogen-bond donors (Lipinski definition) is 0. The Bertz CT molecular complexity index is 289. The first-order chi connectivity index (χ1) is 7.10. The van der Waals surface area contributed by atoms with Gasteiger partial charge in [0.2, 0.25) is 9.05 Å². The molecule has 0 saturated heterocycles. The Morgan fingerprint density at radius 2 is 1.88 bits per heavy atom. The van der Waals surface area contributed by atoms with Gasteiger partial charge in [-0.25, -0.2) is 8.42 Å². The van der Waals surface area contributed by atoms with Gasteiger partial charge in [0.15, 0.2) is 0 Å². The average Bonchev–Trinajstić information content (AvgIpc) is 2.06. The van der Waals surface area contributed by atoms with Crippen LogP contribution in [0.15, 0.2) is 0 Å². The van der Waals surface area contributed by atoms with E-state index in [-0.39, 0.29) is 18.3 Å². The Morgan fingerprint density at radius 3 is 2.31 bits per heavy atom. The number of alkyl halides is 3. The van der Waals surface area contributed by atoms with Crippen molar-refractivity contribution in [3.8, 4) is 0 Å². The Hall–Kier alpha value is -0.0100. The molecule has 0 fully saturated rings. The highest BCUT2D eigenvalue weighted by molar-refractivity contribution is 8.13. The molecule has 0 spiro atoms. The third kappa shape index (κ3) is 12.1. The van der Waals surface area contributed by atoms with Gasteiger partial charge in [0.05, 0.1) is 5.75 Å². The van der Waals surface area contributed by atoms with Crippen molar-refractivity contribution in [1.29, 1.82) is 0 Å². The molecule has 1 atom stereocenters. The van der Waals surface area contributed by atoms with Gasteiger partial charge in [-0.3, -0.25) is 0 Å². The summed E-state index contributed by atoms with van der Waals surface area (Å²) >= 11 is 0. The summed E-state index contributed by atoms with van der Waals surface area (Å²) in [5.41, 5.74) is 0. The van der Waals surface area contributed by atoms with E-state index < -0.39 is 21.8 Å². The highest BCUT2D eigenvalue weighted by Crippen LogP contribution is 2.16. The Labute approximate surface area is 97.3 Å².